The van der Waals surface area contributed by atoms with Crippen molar-refractivity contribution in [3.05, 3.63) is 41.9 Å². The topological polar surface area (TPSA) is 67.2 Å². The number of aromatic nitrogens is 1. The van der Waals surface area contributed by atoms with E-state index in [1.807, 2.05) is 12.1 Å². The van der Waals surface area contributed by atoms with Crippen molar-refractivity contribution in [3.63, 3.8) is 0 Å². The molecule has 1 aromatic heterocycles. The van der Waals surface area contributed by atoms with Crippen molar-refractivity contribution in [2.75, 3.05) is 0 Å². The first-order chi connectivity index (χ1) is 12.2. The maximum atomic E-state index is 12.2. The molecule has 2 bridgehead atoms. The van der Waals surface area contributed by atoms with Crippen LogP contribution in [0.1, 0.15) is 43.6 Å². The lowest BCUT2D eigenvalue weighted by molar-refractivity contribution is -0.122. The summed E-state index contributed by atoms with van der Waals surface area (Å²) in [4.78, 5) is 16.5. The van der Waals surface area contributed by atoms with Gasteiger partial charge in [0.25, 0.3) is 0 Å². The largest absolute Gasteiger partial charge is 0.441 e. The minimum Gasteiger partial charge on any atom is -0.441 e. The van der Waals surface area contributed by atoms with E-state index in [1.165, 1.54) is 18.4 Å². The molecule has 2 aliphatic heterocycles. The number of amides is 1. The van der Waals surface area contributed by atoms with Gasteiger partial charge in [-0.25, -0.2) is 4.98 Å². The first-order valence-corrected chi connectivity index (χ1v) is 9.23. The number of benzene rings is 1. The second-order valence-corrected chi connectivity index (χ2v) is 7.36. The third kappa shape index (κ3) is 3.93. The van der Waals surface area contributed by atoms with Crippen molar-refractivity contribution in [1.82, 2.24) is 15.6 Å². The highest BCUT2D eigenvalue weighted by Gasteiger charge is 2.33. The molecule has 2 aliphatic rings. The number of nitrogens with zero attached hydrogens (tertiary/aromatic N) is 1. The molecule has 2 unspecified atom stereocenters. The Morgan fingerprint density at radius 3 is 2.68 bits per heavy atom. The molecule has 2 fully saturated rings. The zero-order valence-corrected chi connectivity index (χ0v) is 14.6. The molecule has 0 radical (unpaired) electrons. The van der Waals surface area contributed by atoms with Gasteiger partial charge < -0.3 is 15.1 Å². The van der Waals surface area contributed by atoms with Crippen molar-refractivity contribution in [3.8, 4) is 11.3 Å². The molecule has 3 heterocycles. The number of piperidine rings is 1. The number of carbonyl (C=O) groups excluding carboxylic acids is 1. The average Bonchev–Trinajstić information content (AvgIpc) is 3.20. The van der Waals surface area contributed by atoms with Crippen LogP contribution in [0.2, 0.25) is 0 Å². The summed E-state index contributed by atoms with van der Waals surface area (Å²) in [5, 5.41) is 6.78. The molecule has 5 nitrogen and oxygen atoms in total. The van der Waals surface area contributed by atoms with Crippen molar-refractivity contribution in [2.45, 2.75) is 63.6 Å². The fourth-order valence-electron chi connectivity index (χ4n) is 3.97. The summed E-state index contributed by atoms with van der Waals surface area (Å²) in [5.74, 6) is 1.47. The van der Waals surface area contributed by atoms with Crippen LogP contribution in [0, 0.1) is 6.92 Å². The van der Waals surface area contributed by atoms with Gasteiger partial charge in [-0.3, -0.25) is 4.79 Å². The Morgan fingerprint density at radius 2 is 1.96 bits per heavy atom. The van der Waals surface area contributed by atoms with E-state index >= 15 is 0 Å². The number of oxazole rings is 1. The molecule has 132 valence electrons. The lowest BCUT2D eigenvalue weighted by Crippen LogP contribution is -2.48. The summed E-state index contributed by atoms with van der Waals surface area (Å²) in [6.45, 7) is 2.06. The fraction of sp³-hybridized carbons (Fsp3) is 0.500. The van der Waals surface area contributed by atoms with E-state index in [1.54, 1.807) is 6.20 Å². The predicted molar refractivity (Wildman–Crippen MR) is 96.1 cm³/mol. The van der Waals surface area contributed by atoms with E-state index in [-0.39, 0.29) is 5.91 Å². The van der Waals surface area contributed by atoms with Crippen LogP contribution in [0.5, 0.6) is 0 Å². The Kier molecular flexibility index (Phi) is 4.57. The molecule has 25 heavy (non-hydrogen) atoms. The number of hydrogen-bond donors (Lipinski definition) is 2. The highest BCUT2D eigenvalue weighted by molar-refractivity contribution is 5.76. The van der Waals surface area contributed by atoms with Gasteiger partial charge >= 0.3 is 0 Å². The van der Waals surface area contributed by atoms with Gasteiger partial charge in [0.15, 0.2) is 11.7 Å². The molecular weight excluding hydrogens is 314 g/mol. The SMILES string of the molecule is Cc1ccc(-c2cnc(CCC(=O)NC3CC4CCC(C3)N4)o2)cc1. The molecule has 2 saturated heterocycles. The quantitative estimate of drug-likeness (QED) is 0.879. The minimum atomic E-state index is 0.0985. The zero-order valence-electron chi connectivity index (χ0n) is 14.6. The van der Waals surface area contributed by atoms with Gasteiger partial charge in [-0.05, 0) is 32.6 Å². The predicted octanol–water partition coefficient (Wildman–Crippen LogP) is 2.98. The van der Waals surface area contributed by atoms with Gasteiger partial charge in [0, 0.05) is 36.5 Å². The molecule has 2 aromatic rings. The second kappa shape index (κ2) is 7.00. The van der Waals surface area contributed by atoms with Crippen LogP contribution < -0.4 is 10.6 Å². The molecule has 0 spiro atoms. The summed E-state index contributed by atoms with van der Waals surface area (Å²) >= 11 is 0. The maximum absolute atomic E-state index is 12.2. The van der Waals surface area contributed by atoms with Crippen LogP contribution in [0.4, 0.5) is 0 Å². The fourth-order valence-corrected chi connectivity index (χ4v) is 3.97. The first-order valence-electron chi connectivity index (χ1n) is 9.23. The highest BCUT2D eigenvalue weighted by Crippen LogP contribution is 2.27. The smallest absolute Gasteiger partial charge is 0.220 e. The van der Waals surface area contributed by atoms with E-state index in [9.17, 15) is 4.79 Å². The Balaban J connectivity index is 1.28. The molecule has 1 amide bonds. The van der Waals surface area contributed by atoms with Crippen LogP contribution in [-0.4, -0.2) is 29.0 Å². The molecule has 1 aromatic carbocycles. The third-order valence-electron chi connectivity index (χ3n) is 5.29. The van der Waals surface area contributed by atoms with Crippen molar-refractivity contribution in [1.29, 1.82) is 0 Å². The Bertz CT molecular complexity index is 726. The van der Waals surface area contributed by atoms with Crippen LogP contribution in [0.3, 0.4) is 0 Å². The molecule has 5 heteroatoms. The van der Waals surface area contributed by atoms with Crippen molar-refractivity contribution >= 4 is 5.91 Å². The van der Waals surface area contributed by atoms with Gasteiger partial charge in [-0.2, -0.15) is 0 Å². The molecule has 2 N–H and O–H groups in total. The molecule has 0 saturated carbocycles. The Labute approximate surface area is 148 Å². The van der Waals surface area contributed by atoms with Crippen molar-refractivity contribution in [2.24, 2.45) is 0 Å². The van der Waals surface area contributed by atoms with E-state index in [2.05, 4.69) is 34.7 Å². The number of nitrogens with one attached hydrogen (secondary N) is 2. The second-order valence-electron chi connectivity index (χ2n) is 7.36. The Hall–Kier alpha value is -2.14. The number of hydrogen-bond acceptors (Lipinski definition) is 4. The minimum absolute atomic E-state index is 0.0985. The summed E-state index contributed by atoms with van der Waals surface area (Å²) in [6.07, 6.45) is 7.30. The molecule has 4 rings (SSSR count). The standard InChI is InChI=1S/C20H25N3O2/c1-13-2-4-14(5-3-13)18-12-21-20(25-18)9-8-19(24)23-17-10-15-6-7-16(11-17)22-15/h2-5,12,15-17,22H,6-11H2,1H3,(H,23,24). The lowest BCUT2D eigenvalue weighted by Gasteiger charge is -2.29. The number of rotatable bonds is 5. The lowest BCUT2D eigenvalue weighted by atomic mass is 9.99. The van der Waals surface area contributed by atoms with Gasteiger partial charge in [0.2, 0.25) is 5.91 Å². The summed E-state index contributed by atoms with van der Waals surface area (Å²) in [5.41, 5.74) is 2.23. The number of fused-ring (bicyclic) bond motifs is 2. The third-order valence-corrected chi connectivity index (χ3v) is 5.29. The summed E-state index contributed by atoms with van der Waals surface area (Å²) in [7, 11) is 0. The van der Waals surface area contributed by atoms with Gasteiger partial charge in [-0.15, -0.1) is 0 Å². The molecule has 0 aliphatic carbocycles. The summed E-state index contributed by atoms with van der Waals surface area (Å²) in [6, 6.07) is 9.66. The van der Waals surface area contributed by atoms with Crippen molar-refractivity contribution < 1.29 is 9.21 Å². The Morgan fingerprint density at radius 1 is 1.24 bits per heavy atom. The van der Waals surface area contributed by atoms with Gasteiger partial charge in [0.05, 0.1) is 6.20 Å². The monoisotopic (exact) mass is 339 g/mol. The van der Waals surface area contributed by atoms with E-state index in [0.29, 0.717) is 36.9 Å². The molecular formula is C20H25N3O2. The number of aryl methyl sites for hydroxylation is 2. The summed E-state index contributed by atoms with van der Waals surface area (Å²) < 4.78 is 5.79. The van der Waals surface area contributed by atoms with Crippen LogP contribution in [-0.2, 0) is 11.2 Å². The van der Waals surface area contributed by atoms with Crippen LogP contribution >= 0.6 is 0 Å². The van der Waals surface area contributed by atoms with Gasteiger partial charge in [0.1, 0.15) is 0 Å². The van der Waals surface area contributed by atoms with E-state index in [4.69, 9.17) is 4.42 Å². The molecule has 2 atom stereocenters. The zero-order chi connectivity index (χ0) is 17.2. The van der Waals surface area contributed by atoms with Crippen LogP contribution in [0.25, 0.3) is 11.3 Å². The maximum Gasteiger partial charge on any atom is 0.220 e. The highest BCUT2D eigenvalue weighted by atomic mass is 16.4. The van der Waals surface area contributed by atoms with E-state index < -0.39 is 0 Å². The van der Waals surface area contributed by atoms with E-state index in [0.717, 1.165) is 24.2 Å². The van der Waals surface area contributed by atoms with Crippen LogP contribution in [0.15, 0.2) is 34.9 Å². The van der Waals surface area contributed by atoms with Gasteiger partial charge in [-0.1, -0.05) is 29.8 Å². The number of carbonyl (C=O) groups is 1. The average molecular weight is 339 g/mol. The normalized spacial score (nSPS) is 25.1. The first kappa shape index (κ1) is 16.3.